The predicted octanol–water partition coefficient (Wildman–Crippen LogP) is 2.07. The van der Waals surface area contributed by atoms with Crippen LogP contribution in [0.2, 0.25) is 0 Å². The molecule has 2 atom stereocenters. The molecule has 4 nitrogen and oxygen atoms in total. The number of hydrogen-bond acceptors (Lipinski definition) is 4. The van der Waals surface area contributed by atoms with E-state index in [0.29, 0.717) is 12.6 Å². The zero-order valence-electron chi connectivity index (χ0n) is 9.79. The monoisotopic (exact) mass is 219 g/mol. The zero-order valence-corrected chi connectivity index (χ0v) is 9.79. The first-order valence-corrected chi connectivity index (χ1v) is 5.76. The molecule has 1 N–H and O–H groups in total. The third kappa shape index (κ3) is 2.25. The van der Waals surface area contributed by atoms with E-state index in [0.717, 1.165) is 36.6 Å². The molecule has 0 bridgehead atoms. The highest BCUT2D eigenvalue weighted by molar-refractivity contribution is 5.05. The number of nitriles is 1. The molecule has 2 rings (SSSR count). The van der Waals surface area contributed by atoms with Crippen LogP contribution in [-0.4, -0.2) is 11.0 Å². The maximum atomic E-state index is 8.95. The Morgan fingerprint density at radius 2 is 2.31 bits per heavy atom. The Hall–Kier alpha value is -1.34. The molecule has 0 saturated heterocycles. The molecular weight excluding hydrogens is 202 g/mol. The number of aryl methyl sites for hydroxylation is 2. The van der Waals surface area contributed by atoms with Crippen molar-refractivity contribution in [2.24, 2.45) is 5.92 Å². The SMILES string of the molecule is Cc1nc(CNC2CCCC2C#N)oc1C. The van der Waals surface area contributed by atoms with Crippen molar-refractivity contribution >= 4 is 0 Å². The van der Waals surface area contributed by atoms with E-state index < -0.39 is 0 Å². The van der Waals surface area contributed by atoms with Gasteiger partial charge in [-0.3, -0.25) is 0 Å². The van der Waals surface area contributed by atoms with Crippen molar-refractivity contribution in [1.29, 1.82) is 5.26 Å². The summed E-state index contributed by atoms with van der Waals surface area (Å²) < 4.78 is 5.49. The van der Waals surface area contributed by atoms with Crippen LogP contribution in [0, 0.1) is 31.1 Å². The smallest absolute Gasteiger partial charge is 0.208 e. The number of nitrogens with one attached hydrogen (secondary N) is 1. The minimum atomic E-state index is 0.150. The summed E-state index contributed by atoms with van der Waals surface area (Å²) in [4.78, 5) is 4.31. The van der Waals surface area contributed by atoms with Gasteiger partial charge in [0, 0.05) is 6.04 Å². The second kappa shape index (κ2) is 4.67. The zero-order chi connectivity index (χ0) is 11.5. The molecule has 0 aromatic carbocycles. The van der Waals surface area contributed by atoms with Crippen LogP contribution in [0.5, 0.6) is 0 Å². The average Bonchev–Trinajstić information content (AvgIpc) is 2.83. The lowest BCUT2D eigenvalue weighted by Gasteiger charge is -2.13. The highest BCUT2D eigenvalue weighted by Gasteiger charge is 2.26. The molecule has 1 saturated carbocycles. The summed E-state index contributed by atoms with van der Waals surface area (Å²) in [7, 11) is 0. The quantitative estimate of drug-likeness (QED) is 0.845. The Kier molecular flexibility index (Phi) is 3.25. The Balaban J connectivity index is 1.90. The fourth-order valence-electron chi connectivity index (χ4n) is 2.19. The molecule has 0 spiro atoms. The minimum Gasteiger partial charge on any atom is -0.444 e. The highest BCUT2D eigenvalue weighted by Crippen LogP contribution is 2.25. The van der Waals surface area contributed by atoms with Crippen molar-refractivity contribution in [3.05, 3.63) is 17.3 Å². The van der Waals surface area contributed by atoms with Crippen LogP contribution in [0.1, 0.15) is 36.6 Å². The molecule has 1 aliphatic carbocycles. The second-order valence-corrected chi connectivity index (χ2v) is 4.40. The first kappa shape index (κ1) is 11.2. The number of rotatable bonds is 3. The summed E-state index contributed by atoms with van der Waals surface area (Å²) in [5.74, 6) is 1.75. The number of oxazole rings is 1. The third-order valence-corrected chi connectivity index (χ3v) is 3.27. The summed E-state index contributed by atoms with van der Waals surface area (Å²) in [5, 5.41) is 12.3. The van der Waals surface area contributed by atoms with Gasteiger partial charge in [-0.25, -0.2) is 4.98 Å². The molecule has 86 valence electrons. The first-order chi connectivity index (χ1) is 7.70. The van der Waals surface area contributed by atoms with E-state index in [1.807, 2.05) is 13.8 Å². The molecular formula is C12H17N3O. The van der Waals surface area contributed by atoms with Crippen LogP contribution in [0.25, 0.3) is 0 Å². The van der Waals surface area contributed by atoms with E-state index in [9.17, 15) is 0 Å². The minimum absolute atomic E-state index is 0.150. The van der Waals surface area contributed by atoms with Crippen LogP contribution < -0.4 is 5.32 Å². The number of nitrogens with zero attached hydrogens (tertiary/aromatic N) is 2. The lowest BCUT2D eigenvalue weighted by Crippen LogP contribution is -2.31. The van der Waals surface area contributed by atoms with Crippen molar-refractivity contribution in [3.63, 3.8) is 0 Å². The standard InChI is InChI=1S/C12H17N3O/c1-8-9(2)16-12(15-8)7-14-11-5-3-4-10(11)6-13/h10-11,14H,3-5,7H2,1-2H3. The van der Waals surface area contributed by atoms with E-state index in [4.69, 9.17) is 9.68 Å². The summed E-state index contributed by atoms with van der Waals surface area (Å²) >= 11 is 0. The predicted molar refractivity (Wildman–Crippen MR) is 59.6 cm³/mol. The molecule has 0 radical (unpaired) electrons. The summed E-state index contributed by atoms with van der Waals surface area (Å²) in [6.45, 7) is 4.48. The summed E-state index contributed by atoms with van der Waals surface area (Å²) in [6.07, 6.45) is 3.23. The molecule has 0 amide bonds. The third-order valence-electron chi connectivity index (χ3n) is 3.27. The van der Waals surface area contributed by atoms with Gasteiger partial charge in [-0.1, -0.05) is 6.42 Å². The van der Waals surface area contributed by atoms with Crippen molar-refractivity contribution in [3.8, 4) is 6.07 Å². The number of hydrogen-bond donors (Lipinski definition) is 1. The van der Waals surface area contributed by atoms with Gasteiger partial charge in [0.2, 0.25) is 5.89 Å². The average molecular weight is 219 g/mol. The fraction of sp³-hybridized carbons (Fsp3) is 0.667. The Bertz CT molecular complexity index is 385. The largest absolute Gasteiger partial charge is 0.444 e. The van der Waals surface area contributed by atoms with Crippen LogP contribution in [0.3, 0.4) is 0 Å². The van der Waals surface area contributed by atoms with Crippen molar-refractivity contribution in [1.82, 2.24) is 10.3 Å². The topological polar surface area (TPSA) is 61.9 Å². The van der Waals surface area contributed by atoms with Crippen LogP contribution in [0.15, 0.2) is 4.42 Å². The van der Waals surface area contributed by atoms with E-state index in [1.54, 1.807) is 0 Å². The van der Waals surface area contributed by atoms with Gasteiger partial charge in [-0.15, -0.1) is 0 Å². The molecule has 16 heavy (non-hydrogen) atoms. The molecule has 1 heterocycles. The Morgan fingerprint density at radius 3 is 2.94 bits per heavy atom. The molecule has 2 unspecified atom stereocenters. The summed E-state index contributed by atoms with van der Waals surface area (Å²) in [6, 6.07) is 2.66. The Labute approximate surface area is 95.7 Å². The van der Waals surface area contributed by atoms with Crippen LogP contribution in [0.4, 0.5) is 0 Å². The van der Waals surface area contributed by atoms with E-state index >= 15 is 0 Å². The van der Waals surface area contributed by atoms with E-state index in [-0.39, 0.29) is 5.92 Å². The van der Waals surface area contributed by atoms with Crippen molar-refractivity contribution in [2.75, 3.05) is 0 Å². The molecule has 1 fully saturated rings. The lowest BCUT2D eigenvalue weighted by molar-refractivity contribution is 0.402. The molecule has 1 aromatic rings. The highest BCUT2D eigenvalue weighted by atomic mass is 16.4. The maximum absolute atomic E-state index is 8.95. The molecule has 0 aliphatic heterocycles. The van der Waals surface area contributed by atoms with Gasteiger partial charge in [0.1, 0.15) is 5.76 Å². The van der Waals surface area contributed by atoms with Gasteiger partial charge in [0.25, 0.3) is 0 Å². The van der Waals surface area contributed by atoms with Gasteiger partial charge >= 0.3 is 0 Å². The normalized spacial score (nSPS) is 24.6. The van der Waals surface area contributed by atoms with Gasteiger partial charge in [-0.05, 0) is 26.7 Å². The van der Waals surface area contributed by atoms with Crippen molar-refractivity contribution in [2.45, 2.75) is 45.7 Å². The van der Waals surface area contributed by atoms with E-state index in [2.05, 4.69) is 16.4 Å². The summed E-state index contributed by atoms with van der Waals surface area (Å²) in [5.41, 5.74) is 0.944. The maximum Gasteiger partial charge on any atom is 0.208 e. The second-order valence-electron chi connectivity index (χ2n) is 4.40. The Morgan fingerprint density at radius 1 is 1.50 bits per heavy atom. The van der Waals surface area contributed by atoms with E-state index in [1.165, 1.54) is 0 Å². The molecule has 1 aromatic heterocycles. The molecule has 1 aliphatic rings. The van der Waals surface area contributed by atoms with Gasteiger partial charge in [0.05, 0.1) is 24.2 Å². The number of aromatic nitrogens is 1. The first-order valence-electron chi connectivity index (χ1n) is 5.76. The van der Waals surface area contributed by atoms with Gasteiger partial charge in [0.15, 0.2) is 0 Å². The van der Waals surface area contributed by atoms with Crippen LogP contribution in [-0.2, 0) is 6.54 Å². The van der Waals surface area contributed by atoms with Crippen LogP contribution >= 0.6 is 0 Å². The molecule has 4 heteroatoms. The van der Waals surface area contributed by atoms with Gasteiger partial charge < -0.3 is 9.73 Å². The van der Waals surface area contributed by atoms with Crippen molar-refractivity contribution < 1.29 is 4.42 Å². The fourth-order valence-corrected chi connectivity index (χ4v) is 2.19. The van der Waals surface area contributed by atoms with Gasteiger partial charge in [-0.2, -0.15) is 5.26 Å². The lowest BCUT2D eigenvalue weighted by atomic mass is 10.1.